The molecule has 0 radical (unpaired) electrons. The van der Waals surface area contributed by atoms with Gasteiger partial charge in [0.1, 0.15) is 19.0 Å². The predicted molar refractivity (Wildman–Crippen MR) is 112 cm³/mol. The third-order valence-electron chi connectivity index (χ3n) is 4.62. The van der Waals surface area contributed by atoms with E-state index < -0.39 is 0 Å². The maximum Gasteiger partial charge on any atom is 0.173 e. The molecule has 1 aliphatic rings. The highest BCUT2D eigenvalue weighted by Crippen LogP contribution is 2.32. The zero-order valence-corrected chi connectivity index (χ0v) is 16.8. The van der Waals surface area contributed by atoms with Crippen LogP contribution in [0.15, 0.2) is 42.5 Å². The van der Waals surface area contributed by atoms with Crippen LogP contribution in [0.1, 0.15) is 19.4 Å². The average Bonchev–Trinajstić information content (AvgIpc) is 2.69. The Labute approximate surface area is 166 Å². The lowest BCUT2D eigenvalue weighted by atomic mass is 10.1. The van der Waals surface area contributed by atoms with Gasteiger partial charge < -0.3 is 24.4 Å². The highest BCUT2D eigenvalue weighted by Gasteiger charge is 2.17. The van der Waals surface area contributed by atoms with Crippen molar-refractivity contribution in [3.63, 3.8) is 0 Å². The summed E-state index contributed by atoms with van der Waals surface area (Å²) in [5.74, 6) is 2.40. The number of thiocarbonyl (C=S) groups is 1. The van der Waals surface area contributed by atoms with Gasteiger partial charge in [-0.05, 0) is 62.3 Å². The fourth-order valence-corrected chi connectivity index (χ4v) is 3.61. The summed E-state index contributed by atoms with van der Waals surface area (Å²) in [4.78, 5) is 2.19. The Balaban J connectivity index is 1.64. The lowest BCUT2D eigenvalue weighted by molar-refractivity contribution is 0.171. The van der Waals surface area contributed by atoms with E-state index in [-0.39, 0.29) is 6.04 Å². The number of hydrogen-bond donors (Lipinski definition) is 1. The first-order chi connectivity index (χ1) is 13.1. The molecule has 0 saturated heterocycles. The lowest BCUT2D eigenvalue weighted by Gasteiger charge is -2.31. The van der Waals surface area contributed by atoms with Crippen molar-refractivity contribution in [1.82, 2.24) is 4.90 Å². The Bertz CT molecular complexity index is 779. The Hall–Kier alpha value is -2.47. The number of nitrogens with one attached hydrogen (secondary N) is 1. The van der Waals surface area contributed by atoms with Crippen LogP contribution < -0.4 is 19.5 Å². The first-order valence-electron chi connectivity index (χ1n) is 9.21. The molecule has 0 aliphatic carbocycles. The molecule has 0 fully saturated rings. The monoisotopic (exact) mass is 386 g/mol. The number of ether oxygens (including phenoxy) is 3. The molecule has 0 spiro atoms. The maximum atomic E-state index is 5.67. The fraction of sp³-hybridized carbons (Fsp3) is 0.381. The number of fused-ring (bicyclic) bond motifs is 1. The van der Waals surface area contributed by atoms with E-state index in [1.54, 1.807) is 7.11 Å². The van der Waals surface area contributed by atoms with Crippen molar-refractivity contribution in [2.45, 2.75) is 26.3 Å². The quantitative estimate of drug-likeness (QED) is 0.754. The second kappa shape index (κ2) is 8.95. The molecule has 1 heterocycles. The van der Waals surface area contributed by atoms with Gasteiger partial charge in [-0.1, -0.05) is 12.1 Å². The molecule has 1 unspecified atom stereocenters. The van der Waals surface area contributed by atoms with Crippen LogP contribution in [0.25, 0.3) is 0 Å². The zero-order chi connectivity index (χ0) is 19.2. The molecule has 1 aliphatic heterocycles. The minimum absolute atomic E-state index is 0.264. The SMILES string of the molecule is CCN(C(=S)Nc1ccc2c(c1)OCCO2)C(C)Cc1ccc(OC)cc1. The molecule has 3 rings (SSSR count). The topological polar surface area (TPSA) is 43.0 Å². The van der Waals surface area contributed by atoms with Crippen molar-refractivity contribution < 1.29 is 14.2 Å². The molecule has 1 N–H and O–H groups in total. The molecule has 2 aromatic rings. The van der Waals surface area contributed by atoms with Gasteiger partial charge in [0.05, 0.1) is 7.11 Å². The number of likely N-dealkylation sites (N-methyl/N-ethyl adjacent to an activating group) is 1. The molecule has 2 aromatic carbocycles. The van der Waals surface area contributed by atoms with Crippen molar-refractivity contribution in [2.24, 2.45) is 0 Å². The van der Waals surface area contributed by atoms with Gasteiger partial charge in [0.15, 0.2) is 16.6 Å². The Morgan fingerprint density at radius 1 is 1.15 bits per heavy atom. The fourth-order valence-electron chi connectivity index (χ4n) is 3.18. The first-order valence-corrected chi connectivity index (χ1v) is 9.61. The second-order valence-corrected chi connectivity index (χ2v) is 6.86. The van der Waals surface area contributed by atoms with Gasteiger partial charge in [-0.25, -0.2) is 0 Å². The van der Waals surface area contributed by atoms with Crippen molar-refractivity contribution in [3.05, 3.63) is 48.0 Å². The normalized spacial score (nSPS) is 13.6. The van der Waals surface area contributed by atoms with Crippen LogP contribution in [0.4, 0.5) is 5.69 Å². The standard InChI is InChI=1S/C21H26N2O3S/c1-4-23(15(2)13-16-5-8-18(24-3)9-6-16)21(27)22-17-7-10-19-20(14-17)26-12-11-25-19/h5-10,14-15H,4,11-13H2,1-3H3,(H,22,27). The summed E-state index contributed by atoms with van der Waals surface area (Å²) in [7, 11) is 1.68. The van der Waals surface area contributed by atoms with E-state index in [4.69, 9.17) is 26.4 Å². The van der Waals surface area contributed by atoms with E-state index >= 15 is 0 Å². The number of hydrogen-bond acceptors (Lipinski definition) is 4. The lowest BCUT2D eigenvalue weighted by Crippen LogP contribution is -2.42. The summed E-state index contributed by atoms with van der Waals surface area (Å²) in [5.41, 5.74) is 2.16. The molecule has 0 saturated carbocycles. The minimum atomic E-state index is 0.264. The van der Waals surface area contributed by atoms with E-state index in [1.165, 1.54) is 5.56 Å². The molecular weight excluding hydrogens is 360 g/mol. The molecule has 27 heavy (non-hydrogen) atoms. The molecule has 0 aromatic heterocycles. The van der Waals surface area contributed by atoms with Gasteiger partial charge in [0, 0.05) is 24.3 Å². The van der Waals surface area contributed by atoms with Crippen LogP contribution >= 0.6 is 12.2 Å². The van der Waals surface area contributed by atoms with Crippen LogP contribution in [-0.4, -0.2) is 42.9 Å². The van der Waals surface area contributed by atoms with E-state index in [0.29, 0.717) is 18.3 Å². The van der Waals surface area contributed by atoms with Crippen LogP contribution in [0.5, 0.6) is 17.2 Å². The van der Waals surface area contributed by atoms with Gasteiger partial charge in [0.25, 0.3) is 0 Å². The third-order valence-corrected chi connectivity index (χ3v) is 4.95. The average molecular weight is 387 g/mol. The third kappa shape index (κ3) is 4.83. The van der Waals surface area contributed by atoms with E-state index in [9.17, 15) is 0 Å². The summed E-state index contributed by atoms with van der Waals surface area (Å²) >= 11 is 5.67. The number of nitrogens with zero attached hydrogens (tertiary/aromatic N) is 1. The molecule has 1 atom stereocenters. The molecule has 6 heteroatoms. The van der Waals surface area contributed by atoms with Crippen LogP contribution in [0.2, 0.25) is 0 Å². The number of benzene rings is 2. The van der Waals surface area contributed by atoms with Gasteiger partial charge in [-0.15, -0.1) is 0 Å². The van der Waals surface area contributed by atoms with Crippen LogP contribution in [-0.2, 0) is 6.42 Å². The minimum Gasteiger partial charge on any atom is -0.497 e. The maximum absolute atomic E-state index is 5.67. The summed E-state index contributed by atoms with van der Waals surface area (Å²) in [6.07, 6.45) is 0.904. The van der Waals surface area contributed by atoms with Crippen molar-refractivity contribution >= 4 is 23.0 Å². The summed E-state index contributed by atoms with van der Waals surface area (Å²) in [6, 6.07) is 14.2. The molecule has 0 amide bonds. The number of anilines is 1. The Kier molecular flexibility index (Phi) is 6.40. The molecular formula is C21H26N2O3S. The van der Waals surface area contributed by atoms with Crippen molar-refractivity contribution in [2.75, 3.05) is 32.2 Å². The Morgan fingerprint density at radius 3 is 2.52 bits per heavy atom. The van der Waals surface area contributed by atoms with Gasteiger partial charge in [-0.3, -0.25) is 0 Å². The summed E-state index contributed by atoms with van der Waals surface area (Å²) in [6.45, 7) is 6.28. The molecule has 5 nitrogen and oxygen atoms in total. The molecule has 0 bridgehead atoms. The van der Waals surface area contributed by atoms with E-state index in [0.717, 1.165) is 35.9 Å². The van der Waals surface area contributed by atoms with Gasteiger partial charge in [-0.2, -0.15) is 0 Å². The first kappa shape index (κ1) is 19.3. The zero-order valence-electron chi connectivity index (χ0n) is 16.0. The molecule has 144 valence electrons. The summed E-state index contributed by atoms with van der Waals surface area (Å²) < 4.78 is 16.4. The van der Waals surface area contributed by atoms with Crippen molar-refractivity contribution in [1.29, 1.82) is 0 Å². The van der Waals surface area contributed by atoms with Crippen LogP contribution in [0, 0.1) is 0 Å². The highest BCUT2D eigenvalue weighted by molar-refractivity contribution is 7.80. The van der Waals surface area contributed by atoms with Gasteiger partial charge in [0.2, 0.25) is 0 Å². The predicted octanol–water partition coefficient (Wildman–Crippen LogP) is 4.12. The van der Waals surface area contributed by atoms with E-state index in [2.05, 4.69) is 36.2 Å². The van der Waals surface area contributed by atoms with E-state index in [1.807, 2.05) is 30.3 Å². The van der Waals surface area contributed by atoms with Crippen molar-refractivity contribution in [3.8, 4) is 17.2 Å². The highest BCUT2D eigenvalue weighted by atomic mass is 32.1. The van der Waals surface area contributed by atoms with Crippen LogP contribution in [0.3, 0.4) is 0 Å². The van der Waals surface area contributed by atoms with Gasteiger partial charge >= 0.3 is 0 Å². The Morgan fingerprint density at radius 2 is 1.85 bits per heavy atom. The number of rotatable bonds is 6. The summed E-state index contributed by atoms with van der Waals surface area (Å²) in [5, 5.41) is 4.03. The smallest absolute Gasteiger partial charge is 0.173 e. The second-order valence-electron chi connectivity index (χ2n) is 6.48. The largest absolute Gasteiger partial charge is 0.497 e. The number of methoxy groups -OCH3 is 1.